The Labute approximate surface area is 105 Å². The molecule has 1 aromatic heterocycles. The van der Waals surface area contributed by atoms with Crippen LogP contribution in [0.4, 0.5) is 0 Å². The van der Waals surface area contributed by atoms with Gasteiger partial charge in [-0.15, -0.1) is 0 Å². The summed E-state index contributed by atoms with van der Waals surface area (Å²) in [4.78, 5) is 2.66. The quantitative estimate of drug-likeness (QED) is 0.850. The first-order valence-corrected chi connectivity index (χ1v) is 7.02. The van der Waals surface area contributed by atoms with Gasteiger partial charge in [0.2, 0.25) is 0 Å². The van der Waals surface area contributed by atoms with Crippen LogP contribution in [0.1, 0.15) is 25.7 Å². The molecule has 16 heavy (non-hydrogen) atoms. The lowest BCUT2D eigenvalue weighted by molar-refractivity contribution is 0.0438. The topological polar surface area (TPSA) is 21.1 Å². The zero-order valence-electron chi connectivity index (χ0n) is 9.48. The number of aromatic nitrogens is 2. The van der Waals surface area contributed by atoms with Crippen molar-refractivity contribution in [3.05, 3.63) is 16.9 Å². The Bertz CT molecular complexity index is 351. The van der Waals surface area contributed by atoms with Crippen LogP contribution in [0.2, 0.25) is 0 Å². The predicted molar refractivity (Wildman–Crippen MR) is 67.2 cm³/mol. The second-order valence-electron chi connectivity index (χ2n) is 5.14. The molecule has 0 bridgehead atoms. The van der Waals surface area contributed by atoms with Crippen LogP contribution in [0.5, 0.6) is 0 Å². The van der Waals surface area contributed by atoms with Crippen molar-refractivity contribution in [3.8, 4) is 0 Å². The van der Waals surface area contributed by atoms with Gasteiger partial charge in [0.05, 0.1) is 10.7 Å². The molecule has 0 aromatic carbocycles. The van der Waals surface area contributed by atoms with Crippen LogP contribution in [0, 0.1) is 5.92 Å². The van der Waals surface area contributed by atoms with Crippen molar-refractivity contribution in [1.82, 2.24) is 14.7 Å². The third-order valence-corrected chi connectivity index (χ3v) is 4.28. The van der Waals surface area contributed by atoms with Gasteiger partial charge in [-0.05, 0) is 28.8 Å². The molecule has 2 heterocycles. The fourth-order valence-electron chi connectivity index (χ4n) is 3.00. The molecule has 3 rings (SSSR count). The molecule has 1 saturated heterocycles. The smallest absolute Gasteiger partial charge is 0.0632 e. The summed E-state index contributed by atoms with van der Waals surface area (Å²) in [6, 6.07) is 0.903. The summed E-state index contributed by atoms with van der Waals surface area (Å²) >= 11 is 3.43. The van der Waals surface area contributed by atoms with Crippen molar-refractivity contribution < 1.29 is 0 Å². The van der Waals surface area contributed by atoms with Crippen molar-refractivity contribution in [2.45, 2.75) is 38.3 Å². The first-order valence-electron chi connectivity index (χ1n) is 6.23. The van der Waals surface area contributed by atoms with Crippen LogP contribution in [0.25, 0.3) is 0 Å². The van der Waals surface area contributed by atoms with E-state index < -0.39 is 0 Å². The summed E-state index contributed by atoms with van der Waals surface area (Å²) in [6.45, 7) is 3.64. The molecule has 4 heteroatoms. The molecule has 1 saturated carbocycles. The van der Waals surface area contributed by atoms with Gasteiger partial charge in [-0.1, -0.05) is 12.8 Å². The monoisotopic (exact) mass is 283 g/mol. The van der Waals surface area contributed by atoms with E-state index in [0.717, 1.165) is 23.0 Å². The fourth-order valence-corrected chi connectivity index (χ4v) is 3.32. The number of hydrogen-bond donors (Lipinski definition) is 0. The van der Waals surface area contributed by atoms with Gasteiger partial charge < -0.3 is 0 Å². The number of likely N-dealkylation sites (tertiary alicyclic amines) is 1. The normalized spacial score (nSPS) is 23.8. The highest BCUT2D eigenvalue weighted by atomic mass is 79.9. The molecular formula is C12H18BrN3. The summed E-state index contributed by atoms with van der Waals surface area (Å²) in [5.41, 5.74) is 0. The Balaban J connectivity index is 1.46. The molecule has 2 aliphatic rings. The molecule has 0 radical (unpaired) electrons. The van der Waals surface area contributed by atoms with Crippen molar-refractivity contribution >= 4 is 15.9 Å². The molecule has 1 aliphatic carbocycles. The van der Waals surface area contributed by atoms with Crippen molar-refractivity contribution in [2.75, 3.05) is 13.1 Å². The lowest BCUT2D eigenvalue weighted by Crippen LogP contribution is -2.52. The van der Waals surface area contributed by atoms with Crippen molar-refractivity contribution in [1.29, 1.82) is 0 Å². The van der Waals surface area contributed by atoms with E-state index in [2.05, 4.69) is 36.8 Å². The van der Waals surface area contributed by atoms with Crippen LogP contribution in [0.3, 0.4) is 0 Å². The van der Waals surface area contributed by atoms with Crippen molar-refractivity contribution in [2.24, 2.45) is 5.92 Å². The second-order valence-corrected chi connectivity index (χ2v) is 6.05. The minimum Gasteiger partial charge on any atom is -0.300 e. The standard InChI is InChI=1S/C12H18BrN3/c13-11-5-14-16(9-11)8-10-6-15(7-10)12-3-1-2-4-12/h5,9-10,12H,1-4,6-8H2. The van der Waals surface area contributed by atoms with Crippen LogP contribution in [0.15, 0.2) is 16.9 Å². The Morgan fingerprint density at radius 3 is 2.69 bits per heavy atom. The van der Waals surface area contributed by atoms with E-state index in [1.807, 2.05) is 6.20 Å². The average Bonchev–Trinajstić information content (AvgIpc) is 2.82. The zero-order valence-corrected chi connectivity index (χ0v) is 11.1. The summed E-state index contributed by atoms with van der Waals surface area (Å²) in [5.74, 6) is 0.812. The van der Waals surface area contributed by atoms with Crippen LogP contribution >= 0.6 is 15.9 Å². The molecule has 3 nitrogen and oxygen atoms in total. The number of hydrogen-bond acceptors (Lipinski definition) is 2. The SMILES string of the molecule is Brc1cnn(CC2CN(C3CCCC3)C2)c1. The summed E-state index contributed by atoms with van der Waals surface area (Å²) in [5, 5.41) is 4.31. The number of nitrogens with zero attached hydrogens (tertiary/aromatic N) is 3. The maximum absolute atomic E-state index is 4.31. The van der Waals surface area contributed by atoms with Gasteiger partial charge in [-0.3, -0.25) is 9.58 Å². The molecule has 2 fully saturated rings. The molecular weight excluding hydrogens is 266 g/mol. The molecule has 88 valence electrons. The maximum atomic E-state index is 4.31. The minimum atomic E-state index is 0.812. The average molecular weight is 284 g/mol. The molecule has 1 aromatic rings. The Morgan fingerprint density at radius 1 is 1.31 bits per heavy atom. The predicted octanol–water partition coefficient (Wildman–Crippen LogP) is 2.52. The third kappa shape index (κ3) is 2.18. The second kappa shape index (κ2) is 4.49. The molecule has 0 unspecified atom stereocenters. The number of halogens is 1. The number of rotatable bonds is 3. The van der Waals surface area contributed by atoms with E-state index in [0.29, 0.717) is 0 Å². The Morgan fingerprint density at radius 2 is 2.06 bits per heavy atom. The van der Waals surface area contributed by atoms with Gasteiger partial charge in [-0.25, -0.2) is 0 Å². The van der Waals surface area contributed by atoms with E-state index in [1.54, 1.807) is 0 Å². The van der Waals surface area contributed by atoms with Crippen LogP contribution in [-0.2, 0) is 6.54 Å². The third-order valence-electron chi connectivity index (χ3n) is 3.87. The van der Waals surface area contributed by atoms with Crippen molar-refractivity contribution in [3.63, 3.8) is 0 Å². The summed E-state index contributed by atoms with van der Waals surface area (Å²) in [6.07, 6.45) is 9.68. The minimum absolute atomic E-state index is 0.812. The van der Waals surface area contributed by atoms with Gasteiger partial charge in [0.25, 0.3) is 0 Å². The van der Waals surface area contributed by atoms with E-state index in [4.69, 9.17) is 0 Å². The molecule has 0 N–H and O–H groups in total. The lowest BCUT2D eigenvalue weighted by Gasteiger charge is -2.43. The van der Waals surface area contributed by atoms with Gasteiger partial charge in [0, 0.05) is 37.8 Å². The van der Waals surface area contributed by atoms with E-state index in [1.165, 1.54) is 38.8 Å². The molecule has 0 amide bonds. The highest BCUT2D eigenvalue weighted by molar-refractivity contribution is 9.10. The zero-order chi connectivity index (χ0) is 11.0. The largest absolute Gasteiger partial charge is 0.300 e. The first kappa shape index (κ1) is 10.8. The van der Waals surface area contributed by atoms with Gasteiger partial charge in [-0.2, -0.15) is 5.10 Å². The lowest BCUT2D eigenvalue weighted by atomic mass is 9.97. The van der Waals surface area contributed by atoms with E-state index in [-0.39, 0.29) is 0 Å². The van der Waals surface area contributed by atoms with E-state index >= 15 is 0 Å². The van der Waals surface area contributed by atoms with Crippen LogP contribution < -0.4 is 0 Å². The van der Waals surface area contributed by atoms with Gasteiger partial charge in [0.1, 0.15) is 0 Å². The fraction of sp³-hybridized carbons (Fsp3) is 0.750. The van der Waals surface area contributed by atoms with E-state index in [9.17, 15) is 0 Å². The highest BCUT2D eigenvalue weighted by Gasteiger charge is 2.33. The molecule has 0 atom stereocenters. The Kier molecular flexibility index (Phi) is 3.03. The van der Waals surface area contributed by atoms with Gasteiger partial charge >= 0.3 is 0 Å². The van der Waals surface area contributed by atoms with Gasteiger partial charge in [0.15, 0.2) is 0 Å². The molecule has 0 spiro atoms. The Hall–Kier alpha value is -0.350. The summed E-state index contributed by atoms with van der Waals surface area (Å²) in [7, 11) is 0. The molecule has 1 aliphatic heterocycles. The first-order chi connectivity index (χ1) is 7.81. The summed E-state index contributed by atoms with van der Waals surface area (Å²) < 4.78 is 3.14. The van der Waals surface area contributed by atoms with Crippen LogP contribution in [-0.4, -0.2) is 33.8 Å². The highest BCUT2D eigenvalue weighted by Crippen LogP contribution is 2.29. The maximum Gasteiger partial charge on any atom is 0.0632 e.